The molecule has 0 saturated heterocycles. The number of nitrogen functional groups attached to an aromatic ring is 1. The highest BCUT2D eigenvalue weighted by Gasteiger charge is 2.16. The average molecular weight is 470 g/mol. The molecule has 0 atom stereocenters. The molecule has 138 valence electrons. The van der Waals surface area contributed by atoms with Crippen molar-refractivity contribution in [2.75, 3.05) is 5.73 Å². The molecular weight excluding hydrogens is 447 g/mol. The second-order valence-electron chi connectivity index (χ2n) is 6.31. The molecule has 0 heterocycles. The van der Waals surface area contributed by atoms with Gasteiger partial charge in [0.15, 0.2) is 0 Å². The Morgan fingerprint density at radius 1 is 0.889 bits per heavy atom. The Hall–Kier alpha value is -2.41. The summed E-state index contributed by atoms with van der Waals surface area (Å²) in [4.78, 5) is 9.69. The van der Waals surface area contributed by atoms with Crippen LogP contribution >= 0.6 is 22.6 Å². The molecule has 0 saturated carbocycles. The molecule has 0 aliphatic heterocycles. The standard InChI is InChI=1S/C22H23IN4/c1-3-14-10-20(17(23)12-18(14)24)27-21-11-15(4-2)19(25)13-22(21)26-16-8-6-5-7-9-16/h5-13H,3-4,24-25H2,1-2H3/b26-22+,27-21-. The maximum absolute atomic E-state index is 6.22. The van der Waals surface area contributed by atoms with Crippen LogP contribution in [0.25, 0.3) is 0 Å². The van der Waals surface area contributed by atoms with Crippen LogP contribution < -0.4 is 11.5 Å². The summed E-state index contributed by atoms with van der Waals surface area (Å²) in [5.41, 5.74) is 19.4. The molecule has 1 aliphatic rings. The lowest BCUT2D eigenvalue weighted by Crippen LogP contribution is -2.19. The fraction of sp³-hybridized carbons (Fsp3) is 0.182. The summed E-state index contributed by atoms with van der Waals surface area (Å²) in [6.45, 7) is 4.18. The Bertz CT molecular complexity index is 969. The number of allylic oxidation sites excluding steroid dienone is 3. The number of nitrogens with two attached hydrogens (primary N) is 2. The number of hydrogen-bond acceptors (Lipinski definition) is 4. The molecule has 0 aromatic heterocycles. The molecule has 1 aliphatic carbocycles. The Kier molecular flexibility index (Phi) is 6.11. The molecule has 5 heteroatoms. The van der Waals surface area contributed by atoms with Crippen LogP contribution in [0, 0.1) is 3.57 Å². The highest BCUT2D eigenvalue weighted by atomic mass is 127. The van der Waals surface area contributed by atoms with E-state index in [1.807, 2.05) is 48.6 Å². The van der Waals surface area contributed by atoms with E-state index in [1.54, 1.807) is 0 Å². The lowest BCUT2D eigenvalue weighted by molar-refractivity contribution is 1.09. The van der Waals surface area contributed by atoms with E-state index < -0.39 is 0 Å². The van der Waals surface area contributed by atoms with E-state index in [2.05, 4.69) is 42.5 Å². The Morgan fingerprint density at radius 2 is 1.59 bits per heavy atom. The lowest BCUT2D eigenvalue weighted by atomic mass is 9.98. The molecule has 0 bridgehead atoms. The molecule has 2 aromatic rings. The summed E-state index contributed by atoms with van der Waals surface area (Å²) < 4.78 is 1.02. The van der Waals surface area contributed by atoms with Crippen LogP contribution in [0.5, 0.6) is 0 Å². The zero-order valence-corrected chi connectivity index (χ0v) is 17.7. The molecule has 4 N–H and O–H groups in total. The van der Waals surface area contributed by atoms with Crippen molar-refractivity contribution in [3.63, 3.8) is 0 Å². The van der Waals surface area contributed by atoms with Gasteiger partial charge in [0, 0.05) is 15.0 Å². The predicted octanol–water partition coefficient (Wildman–Crippen LogP) is 5.47. The number of rotatable bonds is 4. The molecule has 0 unspecified atom stereocenters. The summed E-state index contributed by atoms with van der Waals surface area (Å²) in [6, 6.07) is 13.9. The third kappa shape index (κ3) is 4.47. The third-order valence-electron chi connectivity index (χ3n) is 4.45. The van der Waals surface area contributed by atoms with Gasteiger partial charge in [-0.3, -0.25) is 0 Å². The first-order valence-corrected chi connectivity index (χ1v) is 10.1. The zero-order chi connectivity index (χ0) is 19.4. The van der Waals surface area contributed by atoms with Crippen molar-refractivity contribution >= 4 is 51.1 Å². The molecule has 2 aromatic carbocycles. The van der Waals surface area contributed by atoms with Crippen molar-refractivity contribution in [2.24, 2.45) is 15.7 Å². The van der Waals surface area contributed by atoms with Gasteiger partial charge < -0.3 is 11.5 Å². The number of aliphatic imine (C=N–C) groups is 2. The van der Waals surface area contributed by atoms with Crippen molar-refractivity contribution in [3.8, 4) is 0 Å². The molecule has 0 fully saturated rings. The van der Waals surface area contributed by atoms with Crippen molar-refractivity contribution in [1.29, 1.82) is 0 Å². The van der Waals surface area contributed by atoms with Crippen LogP contribution in [0.4, 0.5) is 17.1 Å². The predicted molar refractivity (Wildman–Crippen MR) is 124 cm³/mol. The van der Waals surface area contributed by atoms with Gasteiger partial charge in [0.25, 0.3) is 0 Å². The number of aryl methyl sites for hydroxylation is 1. The molecule has 0 amide bonds. The average Bonchev–Trinajstić information content (AvgIpc) is 2.66. The van der Waals surface area contributed by atoms with Crippen molar-refractivity contribution in [1.82, 2.24) is 0 Å². The highest BCUT2D eigenvalue weighted by molar-refractivity contribution is 14.1. The van der Waals surface area contributed by atoms with Crippen LogP contribution in [0.3, 0.4) is 0 Å². The summed E-state index contributed by atoms with van der Waals surface area (Å²) >= 11 is 2.28. The number of benzene rings is 2. The van der Waals surface area contributed by atoms with E-state index in [0.29, 0.717) is 0 Å². The fourth-order valence-electron chi connectivity index (χ4n) is 2.91. The third-order valence-corrected chi connectivity index (χ3v) is 5.32. The van der Waals surface area contributed by atoms with Gasteiger partial charge in [0.05, 0.1) is 22.8 Å². The minimum absolute atomic E-state index is 0.743. The van der Waals surface area contributed by atoms with Crippen molar-refractivity contribution in [3.05, 3.63) is 75.0 Å². The van der Waals surface area contributed by atoms with E-state index in [9.17, 15) is 0 Å². The molecule has 3 rings (SSSR count). The first-order valence-electron chi connectivity index (χ1n) is 9.00. The molecular formula is C22H23IN4. The summed E-state index contributed by atoms with van der Waals surface area (Å²) in [6.07, 6.45) is 5.66. The first-order chi connectivity index (χ1) is 13.0. The van der Waals surface area contributed by atoms with Crippen LogP contribution in [-0.4, -0.2) is 11.4 Å². The molecule has 27 heavy (non-hydrogen) atoms. The van der Waals surface area contributed by atoms with Crippen LogP contribution in [0.1, 0.15) is 25.8 Å². The second-order valence-corrected chi connectivity index (χ2v) is 7.47. The van der Waals surface area contributed by atoms with Gasteiger partial charge >= 0.3 is 0 Å². The molecule has 0 radical (unpaired) electrons. The van der Waals surface area contributed by atoms with E-state index in [-0.39, 0.29) is 0 Å². The fourth-order valence-corrected chi connectivity index (χ4v) is 3.52. The number of halogens is 1. The molecule has 4 nitrogen and oxygen atoms in total. The van der Waals surface area contributed by atoms with Crippen molar-refractivity contribution < 1.29 is 0 Å². The SMILES string of the molecule is CCC1=CC(=N/c2cc(CC)c(N)cc2I)/C(=N/c2ccccc2)C=C1N. The van der Waals surface area contributed by atoms with E-state index in [0.717, 1.165) is 61.7 Å². The van der Waals surface area contributed by atoms with Gasteiger partial charge in [-0.25, -0.2) is 9.98 Å². The lowest BCUT2D eigenvalue weighted by Gasteiger charge is -2.15. The smallest absolute Gasteiger partial charge is 0.0914 e. The maximum atomic E-state index is 6.22. The van der Waals surface area contributed by atoms with Crippen LogP contribution in [-0.2, 0) is 6.42 Å². The maximum Gasteiger partial charge on any atom is 0.0914 e. The van der Waals surface area contributed by atoms with Crippen LogP contribution in [0.15, 0.2) is 75.9 Å². The van der Waals surface area contributed by atoms with E-state index >= 15 is 0 Å². The highest BCUT2D eigenvalue weighted by Crippen LogP contribution is 2.29. The van der Waals surface area contributed by atoms with E-state index in [1.165, 1.54) is 0 Å². The van der Waals surface area contributed by atoms with Crippen LogP contribution in [0.2, 0.25) is 0 Å². The number of para-hydroxylation sites is 1. The largest absolute Gasteiger partial charge is 0.398 e. The van der Waals surface area contributed by atoms with Gasteiger partial charge in [0.1, 0.15) is 0 Å². The molecule has 0 spiro atoms. The minimum atomic E-state index is 0.743. The zero-order valence-electron chi connectivity index (χ0n) is 15.5. The number of hydrogen-bond donors (Lipinski definition) is 2. The van der Waals surface area contributed by atoms with Gasteiger partial charge in [-0.2, -0.15) is 0 Å². The van der Waals surface area contributed by atoms with Gasteiger partial charge in [-0.15, -0.1) is 0 Å². The summed E-state index contributed by atoms with van der Waals surface area (Å²) in [5, 5.41) is 0. The topological polar surface area (TPSA) is 76.8 Å². The van der Waals surface area contributed by atoms with Gasteiger partial charge in [0.2, 0.25) is 0 Å². The normalized spacial score (nSPS) is 17.1. The Balaban J connectivity index is 2.13. The van der Waals surface area contributed by atoms with Gasteiger partial charge in [-0.1, -0.05) is 32.0 Å². The van der Waals surface area contributed by atoms with Crippen molar-refractivity contribution in [2.45, 2.75) is 26.7 Å². The summed E-state index contributed by atoms with van der Waals surface area (Å²) in [7, 11) is 0. The minimum Gasteiger partial charge on any atom is -0.398 e. The Morgan fingerprint density at radius 3 is 2.26 bits per heavy atom. The Labute approximate surface area is 173 Å². The quantitative estimate of drug-likeness (QED) is 0.353. The second kappa shape index (κ2) is 8.52. The van der Waals surface area contributed by atoms with Gasteiger partial charge in [-0.05, 0) is 83.0 Å². The van der Waals surface area contributed by atoms with E-state index in [4.69, 9.17) is 21.5 Å². The number of nitrogens with zero attached hydrogens (tertiary/aromatic N) is 2. The summed E-state index contributed by atoms with van der Waals surface area (Å²) in [5.74, 6) is 0. The first kappa shape index (κ1) is 19.4. The monoisotopic (exact) mass is 470 g/mol. The number of anilines is 1.